The van der Waals surface area contributed by atoms with E-state index in [4.69, 9.17) is 11.6 Å². The van der Waals surface area contributed by atoms with E-state index in [0.29, 0.717) is 0 Å². The molecule has 0 amide bonds. The predicted molar refractivity (Wildman–Crippen MR) is 79.5 cm³/mol. The van der Waals surface area contributed by atoms with E-state index in [1.807, 2.05) is 18.2 Å². The Labute approximate surface area is 115 Å². The zero-order chi connectivity index (χ0) is 13.3. The van der Waals surface area contributed by atoms with Gasteiger partial charge in [-0.05, 0) is 61.1 Å². The zero-order valence-corrected chi connectivity index (χ0v) is 12.2. The summed E-state index contributed by atoms with van der Waals surface area (Å²) in [7, 11) is 0. The number of rotatable bonds is 2. The van der Waals surface area contributed by atoms with E-state index in [1.165, 1.54) is 27.8 Å². The van der Waals surface area contributed by atoms with E-state index >= 15 is 0 Å². The van der Waals surface area contributed by atoms with Crippen LogP contribution >= 0.6 is 11.6 Å². The van der Waals surface area contributed by atoms with Gasteiger partial charge in [0.05, 0.1) is 5.38 Å². The lowest BCUT2D eigenvalue weighted by Crippen LogP contribution is -2.03. The van der Waals surface area contributed by atoms with Crippen molar-refractivity contribution >= 4 is 11.6 Å². The van der Waals surface area contributed by atoms with Crippen LogP contribution in [0.4, 0.5) is 0 Å². The quantitative estimate of drug-likeness (QED) is 0.646. The number of hydrogen-bond acceptors (Lipinski definition) is 0. The zero-order valence-electron chi connectivity index (χ0n) is 11.4. The van der Waals surface area contributed by atoms with E-state index in [0.717, 1.165) is 5.56 Å². The predicted octanol–water partition coefficient (Wildman–Crippen LogP) is 5.25. The number of aryl methyl sites for hydroxylation is 2. The van der Waals surface area contributed by atoms with Gasteiger partial charge in [0.2, 0.25) is 0 Å². The van der Waals surface area contributed by atoms with E-state index in [1.54, 1.807) is 0 Å². The van der Waals surface area contributed by atoms with E-state index in [2.05, 4.69) is 45.9 Å². The Morgan fingerprint density at radius 2 is 1.33 bits per heavy atom. The largest absolute Gasteiger partial charge is 0.113 e. The Hall–Kier alpha value is -1.27. The molecular weight excluding hydrogens is 240 g/mol. The van der Waals surface area contributed by atoms with Crippen LogP contribution in [0.15, 0.2) is 36.4 Å². The number of halogens is 1. The Bertz CT molecular complexity index is 529. The number of alkyl halides is 1. The van der Waals surface area contributed by atoms with Crippen LogP contribution in [0.5, 0.6) is 0 Å². The van der Waals surface area contributed by atoms with Crippen molar-refractivity contribution in [3.8, 4) is 0 Å². The normalized spacial score (nSPS) is 12.5. The molecule has 0 fully saturated rings. The molecule has 0 nitrogen and oxygen atoms in total. The second-order valence-corrected chi connectivity index (χ2v) is 5.38. The molecule has 0 aliphatic carbocycles. The highest BCUT2D eigenvalue weighted by atomic mass is 35.5. The van der Waals surface area contributed by atoms with Crippen molar-refractivity contribution in [3.05, 3.63) is 69.8 Å². The maximum absolute atomic E-state index is 6.69. The summed E-state index contributed by atoms with van der Waals surface area (Å²) in [4.78, 5) is 0. The minimum absolute atomic E-state index is 0.0650. The van der Waals surface area contributed by atoms with Gasteiger partial charge in [-0.2, -0.15) is 0 Å². The van der Waals surface area contributed by atoms with Crippen LogP contribution in [0.25, 0.3) is 0 Å². The van der Waals surface area contributed by atoms with Crippen molar-refractivity contribution in [2.75, 3.05) is 0 Å². The van der Waals surface area contributed by atoms with Crippen LogP contribution in [0, 0.1) is 27.7 Å². The molecule has 0 spiro atoms. The molecule has 0 saturated heterocycles. The summed E-state index contributed by atoms with van der Waals surface area (Å²) >= 11 is 6.69. The smallest absolute Gasteiger partial charge is 0.0840 e. The Balaban J connectivity index is 2.58. The minimum atomic E-state index is -0.0650. The fraction of sp³-hybridized carbons (Fsp3) is 0.294. The lowest BCUT2D eigenvalue weighted by Gasteiger charge is -2.20. The average molecular weight is 259 g/mol. The molecule has 1 heteroatoms. The molecule has 0 aromatic heterocycles. The third kappa shape index (κ3) is 2.30. The molecule has 2 aromatic carbocycles. The van der Waals surface area contributed by atoms with Gasteiger partial charge in [0, 0.05) is 0 Å². The first-order valence-corrected chi connectivity index (χ1v) is 6.72. The van der Waals surface area contributed by atoms with Crippen molar-refractivity contribution in [2.45, 2.75) is 33.1 Å². The summed E-state index contributed by atoms with van der Waals surface area (Å²) in [6.45, 7) is 8.63. The first kappa shape index (κ1) is 13.2. The Morgan fingerprint density at radius 3 is 1.83 bits per heavy atom. The molecule has 0 radical (unpaired) electrons. The maximum Gasteiger partial charge on any atom is 0.0840 e. The standard InChI is InChI=1S/C17H19Cl/c1-11-10-12(2)14(4)16(13(11)3)17(18)15-8-6-5-7-9-15/h5-10,17H,1-4H3. The van der Waals surface area contributed by atoms with Gasteiger partial charge >= 0.3 is 0 Å². The third-order valence-corrected chi connectivity index (χ3v) is 4.24. The molecule has 2 aromatic rings. The highest BCUT2D eigenvalue weighted by molar-refractivity contribution is 6.22. The van der Waals surface area contributed by atoms with Gasteiger partial charge in [0.15, 0.2) is 0 Å². The lowest BCUT2D eigenvalue weighted by atomic mass is 9.90. The number of benzene rings is 2. The van der Waals surface area contributed by atoms with Crippen molar-refractivity contribution < 1.29 is 0 Å². The fourth-order valence-corrected chi connectivity index (χ4v) is 2.89. The first-order chi connectivity index (χ1) is 8.52. The third-order valence-electron chi connectivity index (χ3n) is 3.77. The number of hydrogen-bond donors (Lipinski definition) is 0. The van der Waals surface area contributed by atoms with Gasteiger partial charge in [-0.25, -0.2) is 0 Å². The van der Waals surface area contributed by atoms with E-state index in [9.17, 15) is 0 Å². The minimum Gasteiger partial charge on any atom is -0.113 e. The fourth-order valence-electron chi connectivity index (χ4n) is 2.42. The molecule has 0 aliphatic rings. The molecule has 0 aliphatic heterocycles. The highest BCUT2D eigenvalue weighted by Gasteiger charge is 2.17. The van der Waals surface area contributed by atoms with Gasteiger partial charge in [-0.1, -0.05) is 36.4 Å². The summed E-state index contributed by atoms with van der Waals surface area (Å²) in [6, 6.07) is 12.5. The van der Waals surface area contributed by atoms with Crippen LogP contribution < -0.4 is 0 Å². The molecule has 1 atom stereocenters. The van der Waals surface area contributed by atoms with Crippen LogP contribution in [-0.2, 0) is 0 Å². The molecular formula is C17H19Cl. The molecule has 0 N–H and O–H groups in total. The Morgan fingerprint density at radius 1 is 0.833 bits per heavy atom. The molecule has 18 heavy (non-hydrogen) atoms. The van der Waals surface area contributed by atoms with Gasteiger partial charge in [0.1, 0.15) is 0 Å². The maximum atomic E-state index is 6.69. The van der Waals surface area contributed by atoms with Crippen molar-refractivity contribution in [2.24, 2.45) is 0 Å². The monoisotopic (exact) mass is 258 g/mol. The van der Waals surface area contributed by atoms with Crippen molar-refractivity contribution in [1.82, 2.24) is 0 Å². The van der Waals surface area contributed by atoms with Gasteiger partial charge in [-0.3, -0.25) is 0 Å². The van der Waals surface area contributed by atoms with E-state index < -0.39 is 0 Å². The summed E-state index contributed by atoms with van der Waals surface area (Å²) in [5, 5.41) is -0.0650. The van der Waals surface area contributed by atoms with Gasteiger partial charge < -0.3 is 0 Å². The second kappa shape index (κ2) is 5.16. The van der Waals surface area contributed by atoms with Crippen LogP contribution in [0.2, 0.25) is 0 Å². The summed E-state index contributed by atoms with van der Waals surface area (Å²) < 4.78 is 0. The van der Waals surface area contributed by atoms with Gasteiger partial charge in [-0.15, -0.1) is 11.6 Å². The van der Waals surface area contributed by atoms with Gasteiger partial charge in [0.25, 0.3) is 0 Å². The van der Waals surface area contributed by atoms with Crippen LogP contribution in [0.3, 0.4) is 0 Å². The summed E-state index contributed by atoms with van der Waals surface area (Å²) in [5.74, 6) is 0. The molecule has 94 valence electrons. The SMILES string of the molecule is Cc1cc(C)c(C)c(C(Cl)c2ccccc2)c1C. The second-order valence-electron chi connectivity index (χ2n) is 4.95. The molecule has 2 rings (SSSR count). The average Bonchev–Trinajstić information content (AvgIpc) is 2.37. The lowest BCUT2D eigenvalue weighted by molar-refractivity contribution is 1.05. The molecule has 1 unspecified atom stereocenters. The Kier molecular flexibility index (Phi) is 3.77. The summed E-state index contributed by atoms with van der Waals surface area (Å²) in [5.41, 5.74) is 7.67. The first-order valence-electron chi connectivity index (χ1n) is 6.28. The topological polar surface area (TPSA) is 0 Å². The highest BCUT2D eigenvalue weighted by Crippen LogP contribution is 2.35. The van der Waals surface area contributed by atoms with Crippen molar-refractivity contribution in [1.29, 1.82) is 0 Å². The summed E-state index contributed by atoms with van der Waals surface area (Å²) in [6.07, 6.45) is 0. The molecule has 0 heterocycles. The molecule has 0 saturated carbocycles. The van der Waals surface area contributed by atoms with E-state index in [-0.39, 0.29) is 5.38 Å². The van der Waals surface area contributed by atoms with Crippen molar-refractivity contribution in [3.63, 3.8) is 0 Å². The van der Waals surface area contributed by atoms with Crippen LogP contribution in [0.1, 0.15) is 38.8 Å². The van der Waals surface area contributed by atoms with Crippen LogP contribution in [-0.4, -0.2) is 0 Å². The molecule has 0 bridgehead atoms.